The van der Waals surface area contributed by atoms with E-state index in [9.17, 15) is 4.79 Å². The van der Waals surface area contributed by atoms with Crippen LogP contribution in [0.25, 0.3) is 0 Å². The summed E-state index contributed by atoms with van der Waals surface area (Å²) in [6, 6.07) is 1.32. The molecule has 0 fully saturated rings. The van der Waals surface area contributed by atoms with Crippen LogP contribution in [-0.2, 0) is 5.54 Å². The van der Waals surface area contributed by atoms with Crippen molar-refractivity contribution in [1.29, 1.82) is 0 Å². The standard InChI is InChI=1S/C8H13N3O/c1-8(2,3)11-5-10-6(9)4-7(11)12/h4-5H,9H2,1-3H3. The molecule has 1 heterocycles. The molecule has 0 amide bonds. The molecule has 0 saturated heterocycles. The SMILES string of the molecule is CC(C)(C)n1cnc(N)cc1=O. The molecule has 0 aliphatic rings. The Bertz CT molecular complexity index is 335. The number of rotatable bonds is 0. The highest BCUT2D eigenvalue weighted by Gasteiger charge is 2.13. The third-order valence-electron chi connectivity index (χ3n) is 1.55. The van der Waals surface area contributed by atoms with E-state index >= 15 is 0 Å². The lowest BCUT2D eigenvalue weighted by molar-refractivity contribution is 0.379. The molecule has 1 rings (SSSR count). The minimum absolute atomic E-state index is 0.116. The molecule has 0 bridgehead atoms. The van der Waals surface area contributed by atoms with Crippen molar-refractivity contribution in [2.45, 2.75) is 26.3 Å². The number of hydrogen-bond donors (Lipinski definition) is 1. The van der Waals surface area contributed by atoms with Crippen molar-refractivity contribution in [3.63, 3.8) is 0 Å². The predicted molar refractivity (Wildman–Crippen MR) is 47.9 cm³/mol. The van der Waals surface area contributed by atoms with Gasteiger partial charge in [-0.1, -0.05) is 0 Å². The molecule has 0 unspecified atom stereocenters. The van der Waals surface area contributed by atoms with Crippen molar-refractivity contribution < 1.29 is 0 Å². The van der Waals surface area contributed by atoms with Gasteiger partial charge in [0.1, 0.15) is 12.1 Å². The Morgan fingerprint density at radius 1 is 1.50 bits per heavy atom. The van der Waals surface area contributed by atoms with E-state index in [4.69, 9.17) is 5.73 Å². The molecule has 0 spiro atoms. The molecule has 1 aromatic rings. The molecule has 66 valence electrons. The van der Waals surface area contributed by atoms with Crippen molar-refractivity contribution in [2.75, 3.05) is 5.73 Å². The molecule has 0 saturated carbocycles. The number of hydrogen-bond acceptors (Lipinski definition) is 3. The van der Waals surface area contributed by atoms with Gasteiger partial charge in [0.2, 0.25) is 0 Å². The first-order chi connectivity index (χ1) is 5.41. The first-order valence-electron chi connectivity index (χ1n) is 3.76. The van der Waals surface area contributed by atoms with Crippen LogP contribution in [0.5, 0.6) is 0 Å². The van der Waals surface area contributed by atoms with Crippen LogP contribution in [0.1, 0.15) is 20.8 Å². The minimum atomic E-state index is -0.238. The highest BCUT2D eigenvalue weighted by atomic mass is 16.1. The van der Waals surface area contributed by atoms with E-state index in [1.165, 1.54) is 12.4 Å². The summed E-state index contributed by atoms with van der Waals surface area (Å²) in [5, 5.41) is 0. The molecule has 0 aliphatic carbocycles. The lowest BCUT2D eigenvalue weighted by atomic mass is 10.1. The zero-order chi connectivity index (χ0) is 9.35. The largest absolute Gasteiger partial charge is 0.383 e. The molecule has 0 aromatic carbocycles. The molecule has 2 N–H and O–H groups in total. The Labute approximate surface area is 71.0 Å². The average molecular weight is 167 g/mol. The Hall–Kier alpha value is -1.32. The topological polar surface area (TPSA) is 60.9 Å². The second-order valence-electron chi connectivity index (χ2n) is 3.69. The molecule has 0 atom stereocenters. The Kier molecular flexibility index (Phi) is 1.92. The quantitative estimate of drug-likeness (QED) is 0.614. The van der Waals surface area contributed by atoms with Gasteiger partial charge in [0.25, 0.3) is 5.56 Å². The zero-order valence-electron chi connectivity index (χ0n) is 7.53. The van der Waals surface area contributed by atoms with Crippen molar-refractivity contribution >= 4 is 5.82 Å². The number of nitrogens with zero attached hydrogens (tertiary/aromatic N) is 2. The predicted octanol–water partition coefficient (Wildman–Crippen LogP) is 0.581. The van der Waals surface area contributed by atoms with Crippen LogP contribution in [0.4, 0.5) is 5.82 Å². The monoisotopic (exact) mass is 167 g/mol. The van der Waals surface area contributed by atoms with Gasteiger partial charge in [-0.15, -0.1) is 0 Å². The van der Waals surface area contributed by atoms with Gasteiger partial charge in [0.15, 0.2) is 0 Å². The maximum absolute atomic E-state index is 11.3. The molecule has 0 radical (unpaired) electrons. The van der Waals surface area contributed by atoms with Crippen LogP contribution in [-0.4, -0.2) is 9.55 Å². The van der Waals surface area contributed by atoms with E-state index in [2.05, 4.69) is 4.98 Å². The van der Waals surface area contributed by atoms with Crippen LogP contribution in [0.3, 0.4) is 0 Å². The van der Waals surface area contributed by atoms with Crippen LogP contribution in [0.2, 0.25) is 0 Å². The van der Waals surface area contributed by atoms with Crippen molar-refractivity contribution in [3.05, 3.63) is 22.7 Å². The van der Waals surface area contributed by atoms with Gasteiger partial charge >= 0.3 is 0 Å². The summed E-state index contributed by atoms with van der Waals surface area (Å²) in [5.74, 6) is 0.264. The van der Waals surface area contributed by atoms with E-state index in [0.29, 0.717) is 0 Å². The molecule has 1 aromatic heterocycles. The van der Waals surface area contributed by atoms with Crippen LogP contribution in [0.15, 0.2) is 17.2 Å². The van der Waals surface area contributed by atoms with Crippen LogP contribution in [0, 0.1) is 0 Å². The van der Waals surface area contributed by atoms with Gasteiger partial charge in [0, 0.05) is 11.6 Å². The summed E-state index contributed by atoms with van der Waals surface area (Å²) in [6.45, 7) is 5.81. The second-order valence-corrected chi connectivity index (χ2v) is 3.69. The fraction of sp³-hybridized carbons (Fsp3) is 0.500. The zero-order valence-corrected chi connectivity index (χ0v) is 7.53. The lowest BCUT2D eigenvalue weighted by Gasteiger charge is -2.21. The van der Waals surface area contributed by atoms with Gasteiger partial charge in [0.05, 0.1) is 0 Å². The fourth-order valence-electron chi connectivity index (χ4n) is 0.918. The summed E-state index contributed by atoms with van der Waals surface area (Å²) >= 11 is 0. The molecule has 4 nitrogen and oxygen atoms in total. The second kappa shape index (κ2) is 2.62. The molecule has 4 heteroatoms. The van der Waals surface area contributed by atoms with Gasteiger partial charge < -0.3 is 5.73 Å². The molecule has 0 aliphatic heterocycles. The van der Waals surface area contributed by atoms with E-state index in [1.807, 2.05) is 20.8 Å². The highest BCUT2D eigenvalue weighted by Crippen LogP contribution is 2.09. The first-order valence-corrected chi connectivity index (χ1v) is 3.76. The fourth-order valence-corrected chi connectivity index (χ4v) is 0.918. The molecular formula is C8H13N3O. The van der Waals surface area contributed by atoms with Gasteiger partial charge in [-0.25, -0.2) is 4.98 Å². The van der Waals surface area contributed by atoms with Crippen LogP contribution >= 0.6 is 0 Å². The normalized spacial score (nSPS) is 11.6. The summed E-state index contributed by atoms with van der Waals surface area (Å²) in [4.78, 5) is 15.2. The van der Waals surface area contributed by atoms with Gasteiger partial charge in [-0.05, 0) is 20.8 Å². The van der Waals surface area contributed by atoms with Crippen molar-refractivity contribution in [1.82, 2.24) is 9.55 Å². The Balaban J connectivity index is 3.29. The van der Waals surface area contributed by atoms with Crippen molar-refractivity contribution in [2.24, 2.45) is 0 Å². The first kappa shape index (κ1) is 8.77. The van der Waals surface area contributed by atoms with Crippen LogP contribution < -0.4 is 11.3 Å². The third-order valence-corrected chi connectivity index (χ3v) is 1.55. The average Bonchev–Trinajstić information content (AvgIpc) is 1.83. The van der Waals surface area contributed by atoms with E-state index in [0.717, 1.165) is 0 Å². The van der Waals surface area contributed by atoms with E-state index < -0.39 is 0 Å². The Morgan fingerprint density at radius 3 is 2.50 bits per heavy atom. The summed E-state index contributed by atoms with van der Waals surface area (Å²) in [5.41, 5.74) is 4.99. The maximum Gasteiger partial charge on any atom is 0.255 e. The number of nitrogens with two attached hydrogens (primary N) is 1. The van der Waals surface area contributed by atoms with Gasteiger partial charge in [-0.3, -0.25) is 9.36 Å². The minimum Gasteiger partial charge on any atom is -0.383 e. The number of anilines is 1. The summed E-state index contributed by atoms with van der Waals surface area (Å²) in [7, 11) is 0. The number of nitrogen functional groups attached to an aromatic ring is 1. The smallest absolute Gasteiger partial charge is 0.255 e. The van der Waals surface area contributed by atoms with E-state index in [1.54, 1.807) is 4.57 Å². The Morgan fingerprint density at radius 2 is 2.08 bits per heavy atom. The third kappa shape index (κ3) is 1.64. The summed E-state index contributed by atoms with van der Waals surface area (Å²) in [6.07, 6.45) is 1.47. The lowest BCUT2D eigenvalue weighted by Crippen LogP contribution is -2.33. The molecular weight excluding hydrogens is 154 g/mol. The van der Waals surface area contributed by atoms with E-state index in [-0.39, 0.29) is 16.9 Å². The van der Waals surface area contributed by atoms with Crippen molar-refractivity contribution in [3.8, 4) is 0 Å². The maximum atomic E-state index is 11.3. The molecule has 12 heavy (non-hydrogen) atoms. The van der Waals surface area contributed by atoms with Gasteiger partial charge in [-0.2, -0.15) is 0 Å². The summed E-state index contributed by atoms with van der Waals surface area (Å²) < 4.78 is 1.54. The number of aromatic nitrogens is 2. The highest BCUT2D eigenvalue weighted by molar-refractivity contribution is 5.23.